The lowest BCUT2D eigenvalue weighted by Gasteiger charge is -2.71. The Bertz CT molecular complexity index is 883. The molecule has 1 aromatic heterocycles. The number of nitrogens with one attached hydrogen (secondary N) is 2. The molecule has 1 heterocycles. The van der Waals surface area contributed by atoms with E-state index in [0.717, 1.165) is 37.4 Å². The van der Waals surface area contributed by atoms with Crippen molar-refractivity contribution >= 4 is 17.5 Å². The molecular formula is C19H22ClFN4O3. The second-order valence-corrected chi connectivity index (χ2v) is 8.09. The molecule has 150 valence electrons. The lowest BCUT2D eigenvalue weighted by atomic mass is 9.44. The van der Waals surface area contributed by atoms with Gasteiger partial charge in [0.25, 0.3) is 5.91 Å². The van der Waals surface area contributed by atoms with Crippen molar-refractivity contribution in [1.29, 1.82) is 0 Å². The molecule has 2 aromatic rings. The van der Waals surface area contributed by atoms with Crippen molar-refractivity contribution in [2.45, 2.75) is 50.0 Å². The van der Waals surface area contributed by atoms with Gasteiger partial charge in [0.15, 0.2) is 6.61 Å². The summed E-state index contributed by atoms with van der Waals surface area (Å²) in [6.45, 7) is 2.54. The molecule has 1 amide bonds. The maximum atomic E-state index is 13.4. The largest absolute Gasteiger partial charge is 0.484 e. The summed E-state index contributed by atoms with van der Waals surface area (Å²) in [5.74, 6) is -0.591. The molecule has 0 spiro atoms. The number of nitrogens with zero attached hydrogens (tertiary/aromatic N) is 2. The van der Waals surface area contributed by atoms with Gasteiger partial charge in [-0.25, -0.2) is 4.39 Å². The molecule has 7 nitrogen and oxygen atoms in total. The third-order valence-electron chi connectivity index (χ3n) is 5.43. The number of aromatic nitrogens is 2. The van der Waals surface area contributed by atoms with Crippen LogP contribution in [-0.2, 0) is 11.3 Å². The zero-order valence-corrected chi connectivity index (χ0v) is 16.2. The number of hydrogen-bond acceptors (Lipinski definition) is 5. The second kappa shape index (κ2) is 7.02. The van der Waals surface area contributed by atoms with E-state index in [4.69, 9.17) is 16.3 Å². The first kappa shape index (κ1) is 19.2. The molecule has 0 radical (unpaired) electrons. The van der Waals surface area contributed by atoms with Crippen molar-refractivity contribution in [3.05, 3.63) is 47.0 Å². The van der Waals surface area contributed by atoms with Gasteiger partial charge in [-0.1, -0.05) is 11.6 Å². The van der Waals surface area contributed by atoms with E-state index in [9.17, 15) is 14.3 Å². The van der Waals surface area contributed by atoms with Crippen LogP contribution < -0.4 is 15.4 Å². The first-order valence-corrected chi connectivity index (χ1v) is 9.57. The van der Waals surface area contributed by atoms with Crippen LogP contribution in [0.3, 0.4) is 0 Å². The lowest BCUT2D eigenvalue weighted by molar-refractivity contribution is -0.151. The number of carbonyl (C=O) groups is 1. The Labute approximate surface area is 166 Å². The first-order chi connectivity index (χ1) is 13.3. The number of halogens is 2. The van der Waals surface area contributed by atoms with E-state index in [1.54, 1.807) is 10.9 Å². The highest BCUT2D eigenvalue weighted by Gasteiger charge is 2.68. The van der Waals surface area contributed by atoms with Gasteiger partial charge in [-0.05, 0) is 38.3 Å². The highest BCUT2D eigenvalue weighted by atomic mass is 35.5. The van der Waals surface area contributed by atoms with E-state index in [-0.39, 0.29) is 34.4 Å². The molecular weight excluding hydrogens is 387 g/mol. The minimum Gasteiger partial charge on any atom is -0.484 e. The van der Waals surface area contributed by atoms with Gasteiger partial charge in [0, 0.05) is 35.4 Å². The maximum Gasteiger partial charge on any atom is 0.258 e. The normalized spacial score (nSPS) is 26.1. The Balaban J connectivity index is 1.23. The number of amides is 1. The monoisotopic (exact) mass is 408 g/mol. The average molecular weight is 409 g/mol. The summed E-state index contributed by atoms with van der Waals surface area (Å²) in [6.07, 6.45) is 4.94. The molecule has 5 rings (SSSR count). The highest BCUT2D eigenvalue weighted by Crippen LogP contribution is 2.60. The van der Waals surface area contributed by atoms with Gasteiger partial charge < -0.3 is 15.2 Å². The fourth-order valence-electron chi connectivity index (χ4n) is 4.19. The molecule has 1 aromatic carbocycles. The van der Waals surface area contributed by atoms with Gasteiger partial charge in [0.05, 0.1) is 11.2 Å². The average Bonchev–Trinajstić information content (AvgIpc) is 3.09. The van der Waals surface area contributed by atoms with Crippen LogP contribution >= 0.6 is 11.6 Å². The predicted molar refractivity (Wildman–Crippen MR) is 100 cm³/mol. The second-order valence-electron chi connectivity index (χ2n) is 7.68. The van der Waals surface area contributed by atoms with E-state index >= 15 is 0 Å². The lowest BCUT2D eigenvalue weighted by Crippen LogP contribution is -2.83. The molecule has 9 heteroatoms. The summed E-state index contributed by atoms with van der Waals surface area (Å²) < 4.78 is 20.5. The zero-order chi connectivity index (χ0) is 19.9. The molecule has 1 atom stereocenters. The van der Waals surface area contributed by atoms with E-state index in [2.05, 4.69) is 15.7 Å². The molecule has 0 aliphatic heterocycles. The number of carbonyl (C=O) groups excluding carboxylic acids is 1. The summed E-state index contributed by atoms with van der Waals surface area (Å²) >= 11 is 5.62. The number of aliphatic hydroxyl groups is 1. The number of ether oxygens (including phenoxy) is 1. The number of benzene rings is 1. The van der Waals surface area contributed by atoms with Gasteiger partial charge >= 0.3 is 0 Å². The molecule has 3 N–H and O–H groups in total. The molecule has 1 unspecified atom stereocenters. The molecule has 3 aliphatic rings. The van der Waals surface area contributed by atoms with Crippen LogP contribution in [0.5, 0.6) is 5.75 Å². The minimum absolute atomic E-state index is 0.00713. The Morgan fingerprint density at radius 1 is 1.43 bits per heavy atom. The predicted octanol–water partition coefficient (Wildman–Crippen LogP) is 2.15. The summed E-state index contributed by atoms with van der Waals surface area (Å²) in [4.78, 5) is 12.1. The van der Waals surface area contributed by atoms with Gasteiger partial charge in [0.1, 0.15) is 17.8 Å². The summed E-state index contributed by atoms with van der Waals surface area (Å²) in [7, 11) is 0. The first-order valence-electron chi connectivity index (χ1n) is 9.19. The number of aliphatic hydroxyl groups excluding tert-OH is 1. The van der Waals surface area contributed by atoms with E-state index in [0.29, 0.717) is 0 Å². The standard InChI is InChI=1S/C19H22ClFN4O3/c1-2-25-7-12(6-22-25)17(27)24-19-9-18(10-19,11-19)23-16(26)8-28-13-3-4-14(20)15(21)5-13/h3-7,17,24,27H,2,8-11H2,1H3,(H,23,26). The summed E-state index contributed by atoms with van der Waals surface area (Å²) in [5, 5.41) is 20.8. The quantitative estimate of drug-likeness (QED) is 0.582. The zero-order valence-electron chi connectivity index (χ0n) is 15.4. The van der Waals surface area contributed by atoms with Gasteiger partial charge in [-0.3, -0.25) is 14.8 Å². The van der Waals surface area contributed by atoms with E-state index < -0.39 is 12.0 Å². The molecule has 3 aliphatic carbocycles. The Hall–Kier alpha value is -2.16. The number of aryl methyl sites for hydroxylation is 1. The third-order valence-corrected chi connectivity index (χ3v) is 5.74. The number of hydrogen-bond donors (Lipinski definition) is 3. The van der Waals surface area contributed by atoms with Crippen molar-refractivity contribution in [3.63, 3.8) is 0 Å². The third kappa shape index (κ3) is 3.59. The highest BCUT2D eigenvalue weighted by molar-refractivity contribution is 6.30. The van der Waals surface area contributed by atoms with Gasteiger partial charge in [-0.15, -0.1) is 0 Å². The molecule has 28 heavy (non-hydrogen) atoms. The van der Waals surface area contributed by atoms with Crippen LogP contribution in [-0.4, -0.2) is 38.5 Å². The fraction of sp³-hybridized carbons (Fsp3) is 0.474. The van der Waals surface area contributed by atoms with Gasteiger partial charge in [-0.2, -0.15) is 5.10 Å². The molecule has 3 fully saturated rings. The smallest absolute Gasteiger partial charge is 0.258 e. The molecule has 0 saturated heterocycles. The van der Waals surface area contributed by atoms with E-state index in [1.807, 2.05) is 13.1 Å². The topological polar surface area (TPSA) is 88.4 Å². The van der Waals surface area contributed by atoms with Crippen LogP contribution in [0, 0.1) is 5.82 Å². The Morgan fingerprint density at radius 2 is 2.18 bits per heavy atom. The Morgan fingerprint density at radius 3 is 2.82 bits per heavy atom. The van der Waals surface area contributed by atoms with E-state index in [1.165, 1.54) is 12.1 Å². The molecule has 3 saturated carbocycles. The number of rotatable bonds is 8. The van der Waals surface area contributed by atoms with Crippen LogP contribution in [0.15, 0.2) is 30.6 Å². The molecule has 2 bridgehead atoms. The summed E-state index contributed by atoms with van der Waals surface area (Å²) in [6, 6.07) is 4.05. The van der Waals surface area contributed by atoms with Crippen LogP contribution in [0.1, 0.15) is 38.0 Å². The van der Waals surface area contributed by atoms with Crippen molar-refractivity contribution in [3.8, 4) is 5.75 Å². The summed E-state index contributed by atoms with van der Waals surface area (Å²) in [5.41, 5.74) is 0.334. The Kier molecular flexibility index (Phi) is 4.81. The maximum absolute atomic E-state index is 13.4. The van der Waals surface area contributed by atoms with Crippen molar-refractivity contribution < 1.29 is 19.0 Å². The van der Waals surface area contributed by atoms with Crippen molar-refractivity contribution in [1.82, 2.24) is 20.4 Å². The van der Waals surface area contributed by atoms with Crippen molar-refractivity contribution in [2.24, 2.45) is 0 Å². The fourth-order valence-corrected chi connectivity index (χ4v) is 4.31. The van der Waals surface area contributed by atoms with Gasteiger partial charge in [0.2, 0.25) is 0 Å². The van der Waals surface area contributed by atoms with Crippen LogP contribution in [0.2, 0.25) is 5.02 Å². The van der Waals surface area contributed by atoms with Crippen molar-refractivity contribution in [2.75, 3.05) is 6.61 Å². The SMILES string of the molecule is CCn1cc(C(O)NC23CC(NC(=O)COc4ccc(Cl)c(F)c4)(C2)C3)cn1. The van der Waals surface area contributed by atoms with Crippen LogP contribution in [0.25, 0.3) is 0 Å². The van der Waals surface area contributed by atoms with Crippen LogP contribution in [0.4, 0.5) is 4.39 Å². The minimum atomic E-state index is -0.780.